The van der Waals surface area contributed by atoms with Gasteiger partial charge in [-0.2, -0.15) is 5.26 Å². The van der Waals surface area contributed by atoms with E-state index in [1.54, 1.807) is 12.1 Å². The summed E-state index contributed by atoms with van der Waals surface area (Å²) in [6, 6.07) is 7.62. The number of nitrogens with zero attached hydrogens (tertiary/aromatic N) is 2. The predicted octanol–water partition coefficient (Wildman–Crippen LogP) is 5.04. The number of hydrogen-bond donors (Lipinski definition) is 1. The summed E-state index contributed by atoms with van der Waals surface area (Å²) in [5.41, 5.74) is 0.849. The predicted molar refractivity (Wildman–Crippen MR) is 103 cm³/mol. The number of fused-ring (bicyclic) bond motifs is 1. The molecule has 0 bridgehead atoms. The molecule has 0 spiro atoms. The zero-order valence-electron chi connectivity index (χ0n) is 13.5. The highest BCUT2D eigenvalue weighted by Crippen LogP contribution is 2.43. The first-order valence-corrected chi connectivity index (χ1v) is 9.79. The Morgan fingerprint density at radius 1 is 1.40 bits per heavy atom. The van der Waals surface area contributed by atoms with E-state index in [2.05, 4.69) is 16.3 Å². The summed E-state index contributed by atoms with van der Waals surface area (Å²) in [6.07, 6.45) is -4.51. The summed E-state index contributed by atoms with van der Waals surface area (Å²) < 4.78 is 41.1. The zero-order chi connectivity index (χ0) is 18.1. The molecule has 1 aromatic heterocycles. The molecule has 0 radical (unpaired) electrons. The maximum atomic E-state index is 14.0. The lowest BCUT2D eigenvalue weighted by atomic mass is 9.93. The number of piperidine rings is 1. The second-order valence-corrected chi connectivity index (χ2v) is 9.08. The number of rotatable bonds is 4. The average molecular weight is 479 g/mol. The van der Waals surface area contributed by atoms with Crippen molar-refractivity contribution < 1.29 is 13.2 Å². The molecule has 3 unspecified atom stereocenters. The number of nitrogens with one attached hydrogen (secondary N) is 1. The Kier molecular flexibility index (Phi) is 5.75. The number of benzene rings is 1. The highest BCUT2D eigenvalue weighted by molar-refractivity contribution is 14.1. The van der Waals surface area contributed by atoms with E-state index in [0.29, 0.717) is 14.8 Å². The first kappa shape index (κ1) is 18.7. The SMILES string of the molecule is CN1CCC(Nc2cccc3c(C(F)C(F)F)c(I)sc23)C(C#N)C1. The van der Waals surface area contributed by atoms with Gasteiger partial charge in [-0.25, -0.2) is 13.2 Å². The summed E-state index contributed by atoms with van der Waals surface area (Å²) in [4.78, 5) is 2.12. The standard InChI is InChI=1S/C17H17F3IN3S/c1-24-6-5-11(9(7-22)8-24)23-12-4-2-3-10-13(14(18)16(19)20)17(21)25-15(10)12/h2-4,9,11,14,16,23H,5-6,8H2,1H3. The van der Waals surface area contributed by atoms with Gasteiger partial charge in [0.15, 0.2) is 6.17 Å². The molecule has 3 rings (SSSR count). The summed E-state index contributed by atoms with van der Waals surface area (Å²) in [5, 5.41) is 13.3. The minimum absolute atomic E-state index is 0.00807. The topological polar surface area (TPSA) is 39.1 Å². The van der Waals surface area contributed by atoms with Gasteiger partial charge < -0.3 is 10.2 Å². The van der Waals surface area contributed by atoms with Crippen LogP contribution in [0.15, 0.2) is 18.2 Å². The third kappa shape index (κ3) is 3.73. The van der Waals surface area contributed by atoms with Gasteiger partial charge in [-0.3, -0.25) is 0 Å². The lowest BCUT2D eigenvalue weighted by Gasteiger charge is -2.34. The van der Waals surface area contributed by atoms with Crippen LogP contribution in [0.1, 0.15) is 18.2 Å². The van der Waals surface area contributed by atoms with E-state index >= 15 is 0 Å². The van der Waals surface area contributed by atoms with Crippen LogP contribution < -0.4 is 5.32 Å². The van der Waals surface area contributed by atoms with Gasteiger partial charge in [-0.05, 0) is 48.7 Å². The van der Waals surface area contributed by atoms with Crippen LogP contribution in [0.2, 0.25) is 0 Å². The molecule has 1 fully saturated rings. The summed E-state index contributed by atoms with van der Waals surface area (Å²) >= 11 is 3.23. The van der Waals surface area contributed by atoms with E-state index in [1.165, 1.54) is 11.3 Å². The van der Waals surface area contributed by atoms with Crippen molar-refractivity contribution >= 4 is 49.7 Å². The number of alkyl halides is 3. The first-order valence-electron chi connectivity index (χ1n) is 7.90. The van der Waals surface area contributed by atoms with Gasteiger partial charge in [-0.1, -0.05) is 12.1 Å². The van der Waals surface area contributed by atoms with Crippen molar-refractivity contribution in [2.75, 3.05) is 25.5 Å². The molecule has 8 heteroatoms. The quantitative estimate of drug-likeness (QED) is 0.625. The lowest BCUT2D eigenvalue weighted by molar-refractivity contribution is 0.0501. The number of likely N-dealkylation sites (tertiary alicyclic amines) is 1. The Bertz CT molecular complexity index is 804. The molecule has 134 valence electrons. The fourth-order valence-electron chi connectivity index (χ4n) is 3.22. The fraction of sp³-hybridized carbons (Fsp3) is 0.471. The summed E-state index contributed by atoms with van der Waals surface area (Å²) in [5.74, 6) is -0.150. The van der Waals surface area contributed by atoms with E-state index in [-0.39, 0.29) is 17.5 Å². The Hall–Kier alpha value is -1.05. The number of anilines is 1. The summed E-state index contributed by atoms with van der Waals surface area (Å²) in [6.45, 7) is 1.58. The Morgan fingerprint density at radius 3 is 2.84 bits per heavy atom. The number of hydrogen-bond acceptors (Lipinski definition) is 4. The molecule has 3 nitrogen and oxygen atoms in total. The molecule has 1 saturated heterocycles. The van der Waals surface area contributed by atoms with Crippen molar-refractivity contribution in [3.05, 3.63) is 26.6 Å². The van der Waals surface area contributed by atoms with Crippen molar-refractivity contribution in [2.24, 2.45) is 5.92 Å². The molecule has 25 heavy (non-hydrogen) atoms. The number of thiophene rings is 1. The number of halogens is 4. The van der Waals surface area contributed by atoms with Crippen LogP contribution in [0.3, 0.4) is 0 Å². The Labute approximate surface area is 161 Å². The molecular formula is C17H17F3IN3S. The van der Waals surface area contributed by atoms with Crippen LogP contribution in [-0.2, 0) is 0 Å². The van der Waals surface area contributed by atoms with Crippen molar-refractivity contribution in [3.63, 3.8) is 0 Å². The molecule has 3 atom stereocenters. The zero-order valence-corrected chi connectivity index (χ0v) is 16.5. The van der Waals surface area contributed by atoms with Crippen molar-refractivity contribution in [3.8, 4) is 6.07 Å². The largest absolute Gasteiger partial charge is 0.380 e. The molecule has 1 aromatic carbocycles. The second kappa shape index (κ2) is 7.68. The van der Waals surface area contributed by atoms with Crippen LogP contribution >= 0.6 is 33.9 Å². The van der Waals surface area contributed by atoms with E-state index in [0.717, 1.165) is 23.4 Å². The summed E-state index contributed by atoms with van der Waals surface area (Å²) in [7, 11) is 1.99. The van der Waals surface area contributed by atoms with Gasteiger partial charge in [0.1, 0.15) is 0 Å². The minimum atomic E-state index is -3.04. The Morgan fingerprint density at radius 2 is 2.16 bits per heavy atom. The lowest BCUT2D eigenvalue weighted by Crippen LogP contribution is -2.44. The van der Waals surface area contributed by atoms with Crippen LogP contribution in [0.4, 0.5) is 18.9 Å². The van der Waals surface area contributed by atoms with Gasteiger partial charge in [0.25, 0.3) is 6.43 Å². The van der Waals surface area contributed by atoms with Gasteiger partial charge >= 0.3 is 0 Å². The van der Waals surface area contributed by atoms with Crippen LogP contribution in [0.5, 0.6) is 0 Å². The van der Waals surface area contributed by atoms with E-state index in [9.17, 15) is 18.4 Å². The van der Waals surface area contributed by atoms with Gasteiger partial charge in [-0.15, -0.1) is 11.3 Å². The smallest absolute Gasteiger partial charge is 0.273 e. The average Bonchev–Trinajstić information content (AvgIpc) is 2.92. The molecular weight excluding hydrogens is 462 g/mol. The van der Waals surface area contributed by atoms with Crippen molar-refractivity contribution in [1.29, 1.82) is 5.26 Å². The van der Waals surface area contributed by atoms with Gasteiger partial charge in [0, 0.05) is 23.5 Å². The van der Waals surface area contributed by atoms with Gasteiger partial charge in [0.2, 0.25) is 0 Å². The third-order valence-corrected chi connectivity index (χ3v) is 6.81. The third-order valence-electron chi connectivity index (χ3n) is 4.53. The molecule has 2 heterocycles. The second-order valence-electron chi connectivity index (χ2n) is 6.25. The van der Waals surface area contributed by atoms with Crippen LogP contribution in [0, 0.1) is 20.1 Å². The minimum Gasteiger partial charge on any atom is -0.380 e. The molecule has 2 aromatic rings. The molecule has 0 saturated carbocycles. The van der Waals surface area contributed by atoms with Crippen molar-refractivity contribution in [2.45, 2.75) is 25.1 Å². The highest BCUT2D eigenvalue weighted by Gasteiger charge is 2.30. The van der Waals surface area contributed by atoms with E-state index < -0.39 is 12.6 Å². The van der Waals surface area contributed by atoms with Crippen LogP contribution in [0.25, 0.3) is 10.1 Å². The first-order chi connectivity index (χ1) is 11.9. The number of nitriles is 1. The monoisotopic (exact) mass is 479 g/mol. The molecule has 1 N–H and O–H groups in total. The molecule has 1 aliphatic heterocycles. The molecule has 1 aliphatic rings. The molecule has 0 aliphatic carbocycles. The maximum absolute atomic E-state index is 14.0. The van der Waals surface area contributed by atoms with Gasteiger partial charge in [0.05, 0.1) is 25.3 Å². The fourth-order valence-corrected chi connectivity index (χ4v) is 5.51. The maximum Gasteiger partial charge on any atom is 0.273 e. The normalized spacial score (nSPS) is 22.9. The van der Waals surface area contributed by atoms with Crippen molar-refractivity contribution in [1.82, 2.24) is 4.90 Å². The highest BCUT2D eigenvalue weighted by atomic mass is 127. The molecule has 0 amide bonds. The van der Waals surface area contributed by atoms with E-state index in [1.807, 2.05) is 35.7 Å². The van der Waals surface area contributed by atoms with E-state index in [4.69, 9.17) is 0 Å². The Balaban J connectivity index is 1.95. The van der Waals surface area contributed by atoms with Crippen LogP contribution in [-0.4, -0.2) is 37.5 Å².